The average Bonchev–Trinajstić information content (AvgIpc) is 2.98. The Morgan fingerprint density at radius 2 is 2.28 bits per heavy atom. The lowest BCUT2D eigenvalue weighted by Crippen LogP contribution is -2.39. The largest absolute Gasteiger partial charge is 0.381 e. The van der Waals surface area contributed by atoms with E-state index in [-0.39, 0.29) is 11.7 Å². The minimum atomic E-state index is -0.0515. The molecule has 0 N–H and O–H groups in total. The lowest BCUT2D eigenvalue weighted by molar-refractivity contribution is 0.0161. The molecule has 1 aliphatic heterocycles. The predicted molar refractivity (Wildman–Crippen MR) is 74.6 cm³/mol. The highest BCUT2D eigenvalue weighted by Gasteiger charge is 2.59. The van der Waals surface area contributed by atoms with Gasteiger partial charge in [-0.05, 0) is 46.5 Å². The van der Waals surface area contributed by atoms with Gasteiger partial charge < -0.3 is 9.47 Å². The summed E-state index contributed by atoms with van der Waals surface area (Å²) in [6.45, 7) is 10.8. The topological polar surface area (TPSA) is 21.8 Å². The van der Waals surface area contributed by atoms with Crippen molar-refractivity contribution in [1.29, 1.82) is 0 Å². The van der Waals surface area contributed by atoms with E-state index in [1.165, 1.54) is 17.6 Å². The molecule has 2 heteroatoms. The molecule has 0 amide bonds. The fourth-order valence-corrected chi connectivity index (χ4v) is 3.31. The Bertz CT molecular complexity index is 354. The normalized spacial score (nSPS) is 39.6. The fourth-order valence-electron chi connectivity index (χ4n) is 3.31. The molecule has 1 heterocycles. The van der Waals surface area contributed by atoms with E-state index in [1.54, 1.807) is 0 Å². The first-order valence-electron chi connectivity index (χ1n) is 7.00. The molecule has 0 aromatic heterocycles. The summed E-state index contributed by atoms with van der Waals surface area (Å²) < 4.78 is 11.7. The van der Waals surface area contributed by atoms with E-state index in [4.69, 9.17) is 9.47 Å². The molecule has 1 saturated carbocycles. The SMILES string of the molecule is C=C1CCCC(OC)[C@@H]1C1(C)OC1CC=C(C)C. The summed E-state index contributed by atoms with van der Waals surface area (Å²) in [7, 11) is 1.81. The van der Waals surface area contributed by atoms with Gasteiger partial charge in [0.25, 0.3) is 0 Å². The van der Waals surface area contributed by atoms with Gasteiger partial charge in [0.05, 0.1) is 12.2 Å². The number of hydrogen-bond acceptors (Lipinski definition) is 2. The Kier molecular flexibility index (Phi) is 3.98. The molecule has 0 aromatic carbocycles. The van der Waals surface area contributed by atoms with Crippen molar-refractivity contribution in [2.45, 2.75) is 64.3 Å². The molecule has 3 unspecified atom stereocenters. The van der Waals surface area contributed by atoms with E-state index in [2.05, 4.69) is 33.4 Å². The van der Waals surface area contributed by atoms with Gasteiger partial charge >= 0.3 is 0 Å². The fraction of sp³-hybridized carbons (Fsp3) is 0.750. The van der Waals surface area contributed by atoms with Gasteiger partial charge in [-0.2, -0.15) is 0 Å². The van der Waals surface area contributed by atoms with E-state index in [0.29, 0.717) is 12.0 Å². The highest BCUT2D eigenvalue weighted by atomic mass is 16.6. The summed E-state index contributed by atoms with van der Waals surface area (Å²) in [4.78, 5) is 0. The lowest BCUT2D eigenvalue weighted by atomic mass is 9.73. The maximum absolute atomic E-state index is 6.01. The molecular formula is C16H26O2. The highest BCUT2D eigenvalue weighted by molar-refractivity contribution is 5.21. The van der Waals surface area contributed by atoms with Gasteiger partial charge in [-0.1, -0.05) is 23.8 Å². The van der Waals surface area contributed by atoms with Crippen LogP contribution in [0.1, 0.15) is 46.5 Å². The van der Waals surface area contributed by atoms with Crippen LogP contribution in [-0.4, -0.2) is 24.9 Å². The van der Waals surface area contributed by atoms with Crippen LogP contribution in [0.5, 0.6) is 0 Å². The third-order valence-electron chi connectivity index (χ3n) is 4.44. The van der Waals surface area contributed by atoms with Gasteiger partial charge in [0.2, 0.25) is 0 Å². The van der Waals surface area contributed by atoms with Gasteiger partial charge in [0, 0.05) is 13.0 Å². The molecule has 2 nitrogen and oxygen atoms in total. The van der Waals surface area contributed by atoms with E-state index >= 15 is 0 Å². The van der Waals surface area contributed by atoms with Gasteiger partial charge in [0.15, 0.2) is 0 Å². The van der Waals surface area contributed by atoms with Crippen LogP contribution in [0.4, 0.5) is 0 Å². The zero-order chi connectivity index (χ0) is 13.3. The Balaban J connectivity index is 2.05. The molecule has 2 fully saturated rings. The molecule has 2 aliphatic rings. The number of rotatable bonds is 4. The number of ether oxygens (including phenoxy) is 2. The molecule has 2 rings (SSSR count). The van der Waals surface area contributed by atoms with Crippen molar-refractivity contribution in [2.75, 3.05) is 7.11 Å². The maximum atomic E-state index is 6.01. The van der Waals surface area contributed by atoms with Crippen molar-refractivity contribution in [3.8, 4) is 0 Å². The number of hydrogen-bond donors (Lipinski definition) is 0. The number of epoxide rings is 1. The number of allylic oxidation sites excluding steroid dienone is 1. The average molecular weight is 250 g/mol. The molecule has 0 aromatic rings. The third-order valence-corrected chi connectivity index (χ3v) is 4.44. The van der Waals surface area contributed by atoms with Crippen molar-refractivity contribution in [3.63, 3.8) is 0 Å². The molecule has 4 atom stereocenters. The second-order valence-electron chi connectivity index (χ2n) is 6.11. The van der Waals surface area contributed by atoms with E-state index in [9.17, 15) is 0 Å². The second-order valence-corrected chi connectivity index (χ2v) is 6.11. The summed E-state index contributed by atoms with van der Waals surface area (Å²) in [5, 5.41) is 0. The van der Waals surface area contributed by atoms with Crippen LogP contribution in [0.25, 0.3) is 0 Å². The summed E-state index contributed by atoms with van der Waals surface area (Å²) in [6, 6.07) is 0. The summed E-state index contributed by atoms with van der Waals surface area (Å²) in [5.74, 6) is 0.367. The Morgan fingerprint density at radius 1 is 1.56 bits per heavy atom. The van der Waals surface area contributed by atoms with E-state index in [1.807, 2.05) is 7.11 Å². The Morgan fingerprint density at radius 3 is 2.89 bits per heavy atom. The Hall–Kier alpha value is -0.600. The minimum Gasteiger partial charge on any atom is -0.381 e. The smallest absolute Gasteiger partial charge is 0.101 e. The van der Waals surface area contributed by atoms with Crippen LogP contribution < -0.4 is 0 Å². The summed E-state index contributed by atoms with van der Waals surface area (Å²) in [5.41, 5.74) is 2.62. The van der Waals surface area contributed by atoms with Crippen molar-refractivity contribution < 1.29 is 9.47 Å². The number of methoxy groups -OCH3 is 1. The zero-order valence-electron chi connectivity index (χ0n) is 12.2. The van der Waals surface area contributed by atoms with Gasteiger partial charge in [-0.3, -0.25) is 0 Å². The van der Waals surface area contributed by atoms with Gasteiger partial charge in [0.1, 0.15) is 5.60 Å². The zero-order valence-corrected chi connectivity index (χ0v) is 12.2. The molecular weight excluding hydrogens is 224 g/mol. The first-order valence-corrected chi connectivity index (χ1v) is 7.00. The quantitative estimate of drug-likeness (QED) is 0.558. The van der Waals surface area contributed by atoms with Crippen LogP contribution in [0.15, 0.2) is 23.8 Å². The molecule has 1 saturated heterocycles. The molecule has 102 valence electrons. The predicted octanol–water partition coefficient (Wildman–Crippen LogP) is 3.87. The third kappa shape index (κ3) is 2.55. The van der Waals surface area contributed by atoms with Crippen LogP contribution in [0.3, 0.4) is 0 Å². The van der Waals surface area contributed by atoms with Crippen molar-refractivity contribution in [1.82, 2.24) is 0 Å². The van der Waals surface area contributed by atoms with Crippen molar-refractivity contribution >= 4 is 0 Å². The molecule has 1 aliphatic carbocycles. The van der Waals surface area contributed by atoms with Crippen LogP contribution >= 0.6 is 0 Å². The van der Waals surface area contributed by atoms with Crippen LogP contribution in [-0.2, 0) is 9.47 Å². The maximum Gasteiger partial charge on any atom is 0.101 e. The van der Waals surface area contributed by atoms with E-state index < -0.39 is 0 Å². The van der Waals surface area contributed by atoms with Crippen molar-refractivity contribution in [2.24, 2.45) is 5.92 Å². The molecule has 0 spiro atoms. The summed E-state index contributed by atoms with van der Waals surface area (Å²) >= 11 is 0. The van der Waals surface area contributed by atoms with Crippen LogP contribution in [0, 0.1) is 5.92 Å². The molecule has 0 bridgehead atoms. The van der Waals surface area contributed by atoms with Gasteiger partial charge in [-0.15, -0.1) is 0 Å². The molecule has 18 heavy (non-hydrogen) atoms. The summed E-state index contributed by atoms with van der Waals surface area (Å²) in [6.07, 6.45) is 7.36. The first-order chi connectivity index (χ1) is 8.49. The van der Waals surface area contributed by atoms with Gasteiger partial charge in [-0.25, -0.2) is 0 Å². The van der Waals surface area contributed by atoms with E-state index in [0.717, 1.165) is 19.3 Å². The Labute approximate surface area is 111 Å². The lowest BCUT2D eigenvalue weighted by Gasteiger charge is -2.35. The monoisotopic (exact) mass is 250 g/mol. The minimum absolute atomic E-state index is 0.0515. The first kappa shape index (κ1) is 13.8. The standard InChI is InChI=1S/C16H26O2/c1-11(2)9-10-14-16(4,18-14)15-12(3)7-6-8-13(15)17-5/h9,13-15H,3,6-8,10H2,1-2,4-5H3/t13?,14?,15-,16?/m1/s1. The second kappa shape index (κ2) is 5.18. The highest BCUT2D eigenvalue weighted by Crippen LogP contribution is 2.52. The van der Waals surface area contributed by atoms with Crippen molar-refractivity contribution in [3.05, 3.63) is 23.8 Å². The molecule has 0 radical (unpaired) electrons. The van der Waals surface area contributed by atoms with Crippen LogP contribution in [0.2, 0.25) is 0 Å².